The quantitative estimate of drug-likeness (QED) is 0.726. The zero-order valence-electron chi connectivity index (χ0n) is 13.0. The van der Waals surface area contributed by atoms with Crippen molar-refractivity contribution in [1.29, 1.82) is 0 Å². The Balaban J connectivity index is 1.78. The predicted molar refractivity (Wildman–Crippen MR) is 89.3 cm³/mol. The van der Waals surface area contributed by atoms with Crippen molar-refractivity contribution in [3.8, 4) is 11.5 Å². The minimum Gasteiger partial charge on any atom is -0.457 e. The van der Waals surface area contributed by atoms with E-state index < -0.39 is 6.09 Å². The molecule has 1 amide bonds. The Kier molecular flexibility index (Phi) is 6.44. The summed E-state index contributed by atoms with van der Waals surface area (Å²) >= 11 is 0. The number of ether oxygens (including phenoxy) is 2. The van der Waals surface area contributed by atoms with E-state index in [1.807, 2.05) is 54.6 Å². The third-order valence-corrected chi connectivity index (χ3v) is 3.44. The van der Waals surface area contributed by atoms with E-state index in [0.29, 0.717) is 6.61 Å². The van der Waals surface area contributed by atoms with Gasteiger partial charge in [-0.05, 0) is 49.1 Å². The lowest BCUT2D eigenvalue weighted by atomic mass is 10.0. The highest BCUT2D eigenvalue weighted by molar-refractivity contribution is 5.64. The first-order chi connectivity index (χ1) is 11.1. The van der Waals surface area contributed by atoms with Crippen LogP contribution in [0.5, 0.6) is 11.5 Å². The number of hydrogen-bond donors (Lipinski definition) is 2. The lowest BCUT2D eigenvalue weighted by Gasteiger charge is -2.13. The Bertz CT molecular complexity index is 599. The molecule has 4 N–H and O–H groups in total. The van der Waals surface area contributed by atoms with Gasteiger partial charge in [-0.1, -0.05) is 30.3 Å². The van der Waals surface area contributed by atoms with Crippen LogP contribution in [0.2, 0.25) is 0 Å². The number of rotatable bonds is 8. The Labute approximate surface area is 136 Å². The summed E-state index contributed by atoms with van der Waals surface area (Å²) in [6, 6.07) is 17.4. The Morgan fingerprint density at radius 2 is 1.61 bits per heavy atom. The predicted octanol–water partition coefficient (Wildman–Crippen LogP) is 3.74. The molecule has 23 heavy (non-hydrogen) atoms. The van der Waals surface area contributed by atoms with E-state index in [4.69, 9.17) is 16.2 Å². The summed E-state index contributed by atoms with van der Waals surface area (Å²) in [6.45, 7) is 0.339. The third-order valence-electron chi connectivity index (χ3n) is 3.44. The number of amides is 1. The van der Waals surface area contributed by atoms with E-state index in [2.05, 4.69) is 4.74 Å². The normalized spacial score (nSPS) is 11.7. The summed E-state index contributed by atoms with van der Waals surface area (Å²) in [5.41, 5.74) is 12.1. The number of carbonyl (C=O) groups is 1. The highest BCUT2D eigenvalue weighted by atomic mass is 16.5. The van der Waals surface area contributed by atoms with Gasteiger partial charge in [0.05, 0.1) is 6.61 Å². The van der Waals surface area contributed by atoms with Crippen molar-refractivity contribution in [2.45, 2.75) is 25.3 Å². The molecule has 2 rings (SSSR count). The van der Waals surface area contributed by atoms with Crippen LogP contribution in [0.15, 0.2) is 54.6 Å². The van der Waals surface area contributed by atoms with Crippen molar-refractivity contribution < 1.29 is 14.3 Å². The standard InChI is InChI=1S/C18H22N2O3/c19-17(8-4-5-13-22-18(20)21)14-9-11-16(12-10-14)23-15-6-2-1-3-7-15/h1-3,6-7,9-12,17H,4-5,8,13,19H2,(H2,20,21)/t17-/m0/s1. The monoisotopic (exact) mass is 314 g/mol. The Hall–Kier alpha value is -2.53. The molecule has 5 heteroatoms. The molecule has 0 saturated heterocycles. The summed E-state index contributed by atoms with van der Waals surface area (Å²) < 4.78 is 10.4. The fraction of sp³-hybridized carbons (Fsp3) is 0.278. The zero-order valence-corrected chi connectivity index (χ0v) is 13.0. The first-order valence-electron chi connectivity index (χ1n) is 7.66. The molecule has 5 nitrogen and oxygen atoms in total. The van der Waals surface area contributed by atoms with Crippen LogP contribution < -0.4 is 16.2 Å². The van der Waals surface area contributed by atoms with E-state index >= 15 is 0 Å². The lowest BCUT2D eigenvalue weighted by molar-refractivity contribution is 0.154. The van der Waals surface area contributed by atoms with Gasteiger partial charge >= 0.3 is 6.09 Å². The fourth-order valence-electron chi connectivity index (χ4n) is 2.21. The summed E-state index contributed by atoms with van der Waals surface area (Å²) in [7, 11) is 0. The van der Waals surface area contributed by atoms with Gasteiger partial charge in [0.15, 0.2) is 0 Å². The second-order valence-electron chi connectivity index (χ2n) is 5.25. The van der Waals surface area contributed by atoms with Crippen molar-refractivity contribution in [2.24, 2.45) is 11.5 Å². The number of hydrogen-bond acceptors (Lipinski definition) is 4. The summed E-state index contributed by atoms with van der Waals surface area (Å²) in [4.78, 5) is 10.4. The molecule has 122 valence electrons. The summed E-state index contributed by atoms with van der Waals surface area (Å²) in [5, 5.41) is 0. The average Bonchev–Trinajstić information content (AvgIpc) is 2.56. The SMILES string of the molecule is NC(=O)OCCCC[C@H](N)c1ccc(Oc2ccccc2)cc1. The minimum atomic E-state index is -0.733. The number of benzene rings is 2. The van der Waals surface area contributed by atoms with Crippen LogP contribution in [0.3, 0.4) is 0 Å². The minimum absolute atomic E-state index is 0.0469. The molecule has 1 atom stereocenters. The van der Waals surface area contributed by atoms with Gasteiger partial charge in [-0.15, -0.1) is 0 Å². The van der Waals surface area contributed by atoms with Crippen LogP contribution >= 0.6 is 0 Å². The van der Waals surface area contributed by atoms with Gasteiger partial charge in [0.1, 0.15) is 11.5 Å². The van der Waals surface area contributed by atoms with Gasteiger partial charge in [-0.25, -0.2) is 4.79 Å². The van der Waals surface area contributed by atoms with Crippen molar-refractivity contribution >= 4 is 6.09 Å². The molecule has 2 aromatic rings. The Morgan fingerprint density at radius 1 is 0.957 bits per heavy atom. The van der Waals surface area contributed by atoms with Crippen LogP contribution in [-0.4, -0.2) is 12.7 Å². The second kappa shape index (κ2) is 8.80. The lowest BCUT2D eigenvalue weighted by Crippen LogP contribution is -2.14. The zero-order chi connectivity index (χ0) is 16.5. The number of para-hydroxylation sites is 1. The molecule has 0 spiro atoms. The van der Waals surface area contributed by atoms with Crippen LogP contribution in [-0.2, 0) is 4.74 Å². The van der Waals surface area contributed by atoms with E-state index in [9.17, 15) is 4.79 Å². The number of unbranched alkanes of at least 4 members (excludes halogenated alkanes) is 1. The largest absolute Gasteiger partial charge is 0.457 e. The summed E-state index contributed by atoms with van der Waals surface area (Å²) in [6.07, 6.45) is 1.71. The fourth-order valence-corrected chi connectivity index (χ4v) is 2.21. The van der Waals surface area contributed by atoms with Gasteiger partial charge in [-0.3, -0.25) is 0 Å². The van der Waals surface area contributed by atoms with Gasteiger partial charge in [0.25, 0.3) is 0 Å². The molecule has 0 aliphatic carbocycles. The van der Waals surface area contributed by atoms with Crippen molar-refractivity contribution in [2.75, 3.05) is 6.61 Å². The highest BCUT2D eigenvalue weighted by Crippen LogP contribution is 2.24. The molecular formula is C18H22N2O3. The smallest absolute Gasteiger partial charge is 0.404 e. The molecule has 0 aliphatic heterocycles. The molecular weight excluding hydrogens is 292 g/mol. The topological polar surface area (TPSA) is 87.6 Å². The van der Waals surface area contributed by atoms with Crippen molar-refractivity contribution in [3.63, 3.8) is 0 Å². The van der Waals surface area contributed by atoms with Crippen molar-refractivity contribution in [3.05, 3.63) is 60.2 Å². The molecule has 0 unspecified atom stereocenters. The van der Waals surface area contributed by atoms with E-state index in [1.165, 1.54) is 0 Å². The van der Waals surface area contributed by atoms with Crippen LogP contribution in [0.25, 0.3) is 0 Å². The molecule has 0 saturated carbocycles. The van der Waals surface area contributed by atoms with Gasteiger partial charge < -0.3 is 20.9 Å². The average molecular weight is 314 g/mol. The first kappa shape index (κ1) is 16.8. The molecule has 2 aromatic carbocycles. The number of carbonyl (C=O) groups excluding carboxylic acids is 1. The maximum absolute atomic E-state index is 10.4. The third kappa shape index (κ3) is 6.00. The molecule has 0 aromatic heterocycles. The van der Waals surface area contributed by atoms with E-state index in [1.54, 1.807) is 0 Å². The Morgan fingerprint density at radius 3 is 2.26 bits per heavy atom. The molecule has 0 fully saturated rings. The van der Waals surface area contributed by atoms with Crippen molar-refractivity contribution in [1.82, 2.24) is 0 Å². The van der Waals surface area contributed by atoms with Gasteiger partial charge in [0, 0.05) is 6.04 Å². The molecule has 0 radical (unpaired) electrons. The van der Waals surface area contributed by atoms with E-state index in [0.717, 1.165) is 36.3 Å². The second-order valence-corrected chi connectivity index (χ2v) is 5.25. The molecule has 0 aliphatic rings. The maximum atomic E-state index is 10.4. The summed E-state index contributed by atoms with van der Waals surface area (Å²) in [5.74, 6) is 1.58. The number of nitrogens with two attached hydrogens (primary N) is 2. The molecule has 0 bridgehead atoms. The first-order valence-corrected chi connectivity index (χ1v) is 7.66. The van der Waals surface area contributed by atoms with Crippen LogP contribution in [0.4, 0.5) is 4.79 Å². The maximum Gasteiger partial charge on any atom is 0.404 e. The van der Waals surface area contributed by atoms with Gasteiger partial charge in [-0.2, -0.15) is 0 Å². The van der Waals surface area contributed by atoms with Gasteiger partial charge in [0.2, 0.25) is 0 Å². The highest BCUT2D eigenvalue weighted by Gasteiger charge is 2.06. The van der Waals surface area contributed by atoms with Crippen LogP contribution in [0.1, 0.15) is 30.9 Å². The number of primary amides is 1. The van der Waals surface area contributed by atoms with Crippen LogP contribution in [0, 0.1) is 0 Å². The molecule has 0 heterocycles. The van der Waals surface area contributed by atoms with E-state index in [-0.39, 0.29) is 6.04 Å².